The zero-order valence-corrected chi connectivity index (χ0v) is 15.4. The van der Waals surface area contributed by atoms with Crippen molar-refractivity contribution in [1.82, 2.24) is 0 Å². The number of fused-ring (bicyclic) bond motifs is 1. The SMILES string of the molecule is Cl.O=C(O)CCC(=O)Oc1cc(-c2cc(=O)c3c(O)cc(O)cc3o2)ccc1O. The van der Waals surface area contributed by atoms with E-state index in [9.17, 15) is 29.7 Å². The van der Waals surface area contributed by atoms with Crippen molar-refractivity contribution >= 4 is 35.3 Å². The number of carbonyl (C=O) groups excluding carboxylic acids is 1. The van der Waals surface area contributed by atoms with E-state index in [-0.39, 0.29) is 58.4 Å². The average molecular weight is 423 g/mol. The number of carboxylic acids is 1. The first-order chi connectivity index (χ1) is 13.2. The van der Waals surface area contributed by atoms with Crippen LogP contribution < -0.4 is 10.2 Å². The molecule has 0 radical (unpaired) electrons. The average Bonchev–Trinajstić information content (AvgIpc) is 2.60. The van der Waals surface area contributed by atoms with Gasteiger partial charge in [0.25, 0.3) is 0 Å². The topological polar surface area (TPSA) is 154 Å². The first kappa shape index (κ1) is 21.6. The van der Waals surface area contributed by atoms with Gasteiger partial charge in [0, 0.05) is 23.8 Å². The van der Waals surface area contributed by atoms with Gasteiger partial charge in [-0.3, -0.25) is 14.4 Å². The Morgan fingerprint density at radius 3 is 2.38 bits per heavy atom. The second-order valence-electron chi connectivity index (χ2n) is 5.86. The Bertz CT molecular complexity index is 1150. The Balaban J connectivity index is 0.00000300. The van der Waals surface area contributed by atoms with E-state index in [1.807, 2.05) is 0 Å². The van der Waals surface area contributed by atoms with Crippen molar-refractivity contribution in [1.29, 1.82) is 0 Å². The maximum Gasteiger partial charge on any atom is 0.311 e. The number of halogens is 1. The van der Waals surface area contributed by atoms with Crippen LogP contribution in [0.2, 0.25) is 0 Å². The summed E-state index contributed by atoms with van der Waals surface area (Å²) in [6.07, 6.45) is -0.811. The number of phenols is 3. The van der Waals surface area contributed by atoms with Gasteiger partial charge in [-0.1, -0.05) is 0 Å². The normalized spacial score (nSPS) is 10.3. The zero-order chi connectivity index (χ0) is 20.4. The molecule has 29 heavy (non-hydrogen) atoms. The Kier molecular flexibility index (Phi) is 6.35. The third-order valence-corrected chi connectivity index (χ3v) is 3.81. The lowest BCUT2D eigenvalue weighted by Gasteiger charge is -2.09. The fraction of sp³-hybridized carbons (Fsp3) is 0.105. The van der Waals surface area contributed by atoms with Crippen LogP contribution in [0, 0.1) is 0 Å². The fourth-order valence-electron chi connectivity index (χ4n) is 2.53. The van der Waals surface area contributed by atoms with Gasteiger partial charge in [-0.2, -0.15) is 0 Å². The summed E-state index contributed by atoms with van der Waals surface area (Å²) in [6.45, 7) is 0. The van der Waals surface area contributed by atoms with E-state index in [4.69, 9.17) is 14.3 Å². The number of ether oxygens (including phenoxy) is 1. The van der Waals surface area contributed by atoms with Crippen LogP contribution in [0.5, 0.6) is 23.0 Å². The number of phenolic OH excluding ortho intramolecular Hbond substituents is 3. The highest BCUT2D eigenvalue weighted by molar-refractivity contribution is 5.86. The third-order valence-electron chi connectivity index (χ3n) is 3.81. The van der Waals surface area contributed by atoms with Crippen molar-refractivity contribution in [2.45, 2.75) is 12.8 Å². The Morgan fingerprint density at radius 2 is 1.69 bits per heavy atom. The van der Waals surface area contributed by atoms with Gasteiger partial charge in [-0.15, -0.1) is 12.4 Å². The van der Waals surface area contributed by atoms with Crippen molar-refractivity contribution < 1.29 is 39.2 Å². The number of esters is 1. The molecular weight excluding hydrogens is 408 g/mol. The summed E-state index contributed by atoms with van der Waals surface area (Å²) in [6, 6.07) is 7.11. The molecule has 0 saturated heterocycles. The van der Waals surface area contributed by atoms with Gasteiger partial charge < -0.3 is 29.6 Å². The van der Waals surface area contributed by atoms with Crippen molar-refractivity contribution in [3.63, 3.8) is 0 Å². The minimum absolute atomic E-state index is 0. The number of aliphatic carboxylic acids is 1. The van der Waals surface area contributed by atoms with Crippen LogP contribution in [-0.2, 0) is 9.59 Å². The van der Waals surface area contributed by atoms with Gasteiger partial charge in [0.05, 0.1) is 12.8 Å². The minimum atomic E-state index is -1.17. The molecule has 3 aromatic rings. The summed E-state index contributed by atoms with van der Waals surface area (Å²) >= 11 is 0. The van der Waals surface area contributed by atoms with Crippen LogP contribution in [0.4, 0.5) is 0 Å². The maximum absolute atomic E-state index is 12.3. The second-order valence-corrected chi connectivity index (χ2v) is 5.86. The van der Waals surface area contributed by atoms with Crippen LogP contribution in [0.25, 0.3) is 22.3 Å². The molecule has 0 aliphatic carbocycles. The van der Waals surface area contributed by atoms with Gasteiger partial charge in [0.2, 0.25) is 0 Å². The summed E-state index contributed by atoms with van der Waals surface area (Å²) in [4.78, 5) is 34.5. The molecule has 0 unspecified atom stereocenters. The number of benzene rings is 2. The Hall–Kier alpha value is -3.72. The molecule has 152 valence electrons. The van der Waals surface area contributed by atoms with Crippen molar-refractivity contribution in [2.24, 2.45) is 0 Å². The molecule has 0 fully saturated rings. The number of aromatic hydroxyl groups is 3. The zero-order valence-electron chi connectivity index (χ0n) is 14.6. The predicted octanol–water partition coefficient (Wildman–Crippen LogP) is 2.77. The quantitative estimate of drug-likeness (QED) is 0.358. The fourth-order valence-corrected chi connectivity index (χ4v) is 2.53. The third kappa shape index (κ3) is 4.77. The van der Waals surface area contributed by atoms with Gasteiger partial charge in [-0.05, 0) is 18.2 Å². The van der Waals surface area contributed by atoms with Crippen LogP contribution in [0.1, 0.15) is 12.8 Å². The predicted molar refractivity (Wildman–Crippen MR) is 103 cm³/mol. The molecule has 2 aromatic carbocycles. The van der Waals surface area contributed by atoms with Crippen LogP contribution >= 0.6 is 12.4 Å². The molecule has 10 heteroatoms. The molecule has 3 rings (SSSR count). The molecule has 1 aromatic heterocycles. The Morgan fingerprint density at radius 1 is 0.966 bits per heavy atom. The van der Waals surface area contributed by atoms with E-state index in [2.05, 4.69) is 0 Å². The minimum Gasteiger partial charge on any atom is -0.508 e. The number of hydrogen-bond acceptors (Lipinski definition) is 8. The molecule has 0 spiro atoms. The van der Waals surface area contributed by atoms with E-state index in [0.717, 1.165) is 18.2 Å². The summed E-state index contributed by atoms with van der Waals surface area (Å²) in [5.41, 5.74) is -0.365. The molecule has 0 aliphatic heterocycles. The number of hydrogen-bond donors (Lipinski definition) is 4. The summed E-state index contributed by atoms with van der Waals surface area (Å²) in [5.74, 6) is -3.34. The standard InChI is InChI=1S/C19H14O9.ClH/c20-10-6-12(22)19-13(23)8-14(27-16(19)7-10)9-1-2-11(21)15(5-9)28-18(26)4-3-17(24)25;/h1-2,5-8,20-22H,3-4H2,(H,24,25);1H. The van der Waals surface area contributed by atoms with Gasteiger partial charge in [0.15, 0.2) is 16.9 Å². The lowest BCUT2D eigenvalue weighted by atomic mass is 10.1. The lowest BCUT2D eigenvalue weighted by molar-refractivity contribution is -0.142. The summed E-state index contributed by atoms with van der Waals surface area (Å²) < 4.78 is 10.5. The molecule has 0 amide bonds. The van der Waals surface area contributed by atoms with Gasteiger partial charge >= 0.3 is 11.9 Å². The van der Waals surface area contributed by atoms with E-state index in [1.54, 1.807) is 0 Å². The highest BCUT2D eigenvalue weighted by Crippen LogP contribution is 2.34. The smallest absolute Gasteiger partial charge is 0.311 e. The number of carboxylic acid groups (broad SMARTS) is 1. The highest BCUT2D eigenvalue weighted by Gasteiger charge is 2.15. The van der Waals surface area contributed by atoms with Crippen molar-refractivity contribution in [3.05, 3.63) is 46.6 Å². The summed E-state index contributed by atoms with van der Waals surface area (Å²) in [7, 11) is 0. The van der Waals surface area contributed by atoms with Crippen LogP contribution in [0.3, 0.4) is 0 Å². The molecule has 9 nitrogen and oxygen atoms in total. The van der Waals surface area contributed by atoms with E-state index in [0.29, 0.717) is 0 Å². The van der Waals surface area contributed by atoms with Crippen LogP contribution in [-0.4, -0.2) is 32.4 Å². The lowest BCUT2D eigenvalue weighted by Crippen LogP contribution is -2.10. The molecule has 1 heterocycles. The van der Waals surface area contributed by atoms with Crippen molar-refractivity contribution in [3.8, 4) is 34.3 Å². The highest BCUT2D eigenvalue weighted by atomic mass is 35.5. The van der Waals surface area contributed by atoms with E-state index < -0.39 is 29.5 Å². The second kappa shape index (κ2) is 8.53. The van der Waals surface area contributed by atoms with E-state index >= 15 is 0 Å². The van der Waals surface area contributed by atoms with Crippen molar-refractivity contribution in [2.75, 3.05) is 0 Å². The Labute approximate surface area is 168 Å². The van der Waals surface area contributed by atoms with Gasteiger partial charge in [0.1, 0.15) is 28.2 Å². The molecular formula is C19H15ClO9. The molecule has 0 bridgehead atoms. The molecule has 0 saturated carbocycles. The van der Waals surface area contributed by atoms with Gasteiger partial charge in [-0.25, -0.2) is 0 Å². The monoisotopic (exact) mass is 422 g/mol. The molecule has 4 N–H and O–H groups in total. The number of carbonyl (C=O) groups is 2. The maximum atomic E-state index is 12.3. The first-order valence-electron chi connectivity index (χ1n) is 8.00. The summed E-state index contributed by atoms with van der Waals surface area (Å²) in [5, 5.41) is 37.7. The number of rotatable bonds is 5. The van der Waals surface area contributed by atoms with Crippen LogP contribution in [0.15, 0.2) is 45.6 Å². The first-order valence-corrected chi connectivity index (χ1v) is 8.00. The largest absolute Gasteiger partial charge is 0.508 e. The van der Waals surface area contributed by atoms with E-state index in [1.165, 1.54) is 18.2 Å². The molecule has 0 atom stereocenters. The molecule has 0 aliphatic rings.